The first-order valence-corrected chi connectivity index (χ1v) is 14.5. The Balaban J connectivity index is 1.36. The molecule has 1 fully saturated rings. The molecule has 0 aliphatic carbocycles. The molecule has 1 heterocycles. The average Bonchev–Trinajstić information content (AvgIpc) is 2.95. The van der Waals surface area contributed by atoms with Crippen LogP contribution < -0.4 is 20.7 Å². The van der Waals surface area contributed by atoms with E-state index in [9.17, 15) is 9.59 Å². The zero-order chi connectivity index (χ0) is 29.9. The summed E-state index contributed by atoms with van der Waals surface area (Å²) in [7, 11) is 2.15. The van der Waals surface area contributed by atoms with E-state index in [1.807, 2.05) is 60.7 Å². The van der Waals surface area contributed by atoms with Crippen LogP contribution in [-0.4, -0.2) is 43.1 Å². The number of hydrogen-bond acceptors (Lipinski definition) is 4. The quantitative estimate of drug-likeness (QED) is 0.222. The molecule has 0 atom stereocenters. The lowest BCUT2D eigenvalue weighted by Crippen LogP contribution is -2.35. The standard InChI is InChI=1S/C35H40N4O3/c1-23(40)36-32-16-12-25(35(2,3)4)22-33(32)38-34(41)37-31-17-15-28(29-8-6-7-9-30(29)31)24-10-13-26(14-11-24)42-27-18-20-39(5)21-19-27/h6-17,22,27H,18-21H2,1-5H3,(H,36,40)(H2,37,38,41). The number of amides is 3. The molecular formula is C35H40N4O3. The Morgan fingerprint density at radius 2 is 1.43 bits per heavy atom. The maximum atomic E-state index is 13.2. The van der Waals surface area contributed by atoms with Gasteiger partial charge in [0, 0.05) is 25.4 Å². The second-order valence-corrected chi connectivity index (χ2v) is 12.1. The van der Waals surface area contributed by atoms with Crippen molar-refractivity contribution < 1.29 is 14.3 Å². The Hall–Kier alpha value is -4.36. The largest absolute Gasteiger partial charge is 0.490 e. The van der Waals surface area contributed by atoms with Crippen molar-refractivity contribution in [3.05, 3.63) is 84.4 Å². The van der Waals surface area contributed by atoms with E-state index in [1.165, 1.54) is 6.92 Å². The highest BCUT2D eigenvalue weighted by Gasteiger charge is 2.19. The van der Waals surface area contributed by atoms with Crippen molar-refractivity contribution >= 4 is 39.8 Å². The van der Waals surface area contributed by atoms with Gasteiger partial charge in [-0.1, -0.05) is 69.3 Å². The van der Waals surface area contributed by atoms with Gasteiger partial charge in [-0.25, -0.2) is 4.79 Å². The van der Waals surface area contributed by atoms with Gasteiger partial charge in [0.05, 0.1) is 17.1 Å². The van der Waals surface area contributed by atoms with Crippen molar-refractivity contribution in [3.63, 3.8) is 0 Å². The summed E-state index contributed by atoms with van der Waals surface area (Å²) in [6.07, 6.45) is 2.35. The normalized spacial score (nSPS) is 14.4. The summed E-state index contributed by atoms with van der Waals surface area (Å²) in [5.74, 6) is 0.687. The second-order valence-electron chi connectivity index (χ2n) is 12.1. The van der Waals surface area contributed by atoms with Crippen LogP contribution in [-0.2, 0) is 10.2 Å². The molecule has 3 N–H and O–H groups in total. The lowest BCUT2D eigenvalue weighted by Gasteiger charge is -2.29. The molecule has 0 spiro atoms. The second kappa shape index (κ2) is 12.2. The van der Waals surface area contributed by atoms with Gasteiger partial charge in [0.1, 0.15) is 11.9 Å². The summed E-state index contributed by atoms with van der Waals surface area (Å²) in [4.78, 5) is 27.4. The smallest absolute Gasteiger partial charge is 0.323 e. The number of carbonyl (C=O) groups excluding carboxylic acids is 2. The zero-order valence-electron chi connectivity index (χ0n) is 25.1. The van der Waals surface area contributed by atoms with Crippen LogP contribution in [0.3, 0.4) is 0 Å². The van der Waals surface area contributed by atoms with Crippen molar-refractivity contribution in [1.29, 1.82) is 0 Å². The minimum Gasteiger partial charge on any atom is -0.490 e. The van der Waals surface area contributed by atoms with Crippen LogP contribution in [0.25, 0.3) is 21.9 Å². The van der Waals surface area contributed by atoms with Gasteiger partial charge in [-0.15, -0.1) is 0 Å². The molecule has 7 heteroatoms. The van der Waals surface area contributed by atoms with E-state index in [4.69, 9.17) is 4.74 Å². The van der Waals surface area contributed by atoms with Gasteiger partial charge in [-0.2, -0.15) is 0 Å². The minimum absolute atomic E-state index is 0.120. The van der Waals surface area contributed by atoms with Crippen molar-refractivity contribution in [2.75, 3.05) is 36.1 Å². The molecule has 0 aromatic heterocycles. The number of rotatable bonds is 6. The van der Waals surface area contributed by atoms with Crippen molar-refractivity contribution in [2.24, 2.45) is 0 Å². The van der Waals surface area contributed by atoms with E-state index in [2.05, 4.69) is 66.9 Å². The third-order valence-electron chi connectivity index (χ3n) is 7.75. The number of nitrogens with zero attached hydrogens (tertiary/aromatic N) is 1. The summed E-state index contributed by atoms with van der Waals surface area (Å²) in [6.45, 7) is 9.89. The van der Waals surface area contributed by atoms with Gasteiger partial charge in [-0.05, 0) is 77.7 Å². The van der Waals surface area contributed by atoms with E-state index in [-0.39, 0.29) is 23.5 Å². The Labute approximate surface area is 248 Å². The molecule has 5 rings (SSSR count). The highest BCUT2D eigenvalue weighted by atomic mass is 16.5. The maximum Gasteiger partial charge on any atom is 0.323 e. The molecule has 0 radical (unpaired) electrons. The molecule has 218 valence electrons. The first kappa shape index (κ1) is 29.1. The van der Waals surface area contributed by atoms with Crippen LogP contribution in [0.15, 0.2) is 78.9 Å². The first-order chi connectivity index (χ1) is 20.1. The number of carbonyl (C=O) groups is 2. The molecule has 3 amide bonds. The SMILES string of the molecule is CC(=O)Nc1ccc(C(C)(C)C)cc1NC(=O)Nc1ccc(-c2ccc(OC3CCN(C)CC3)cc2)c2ccccc12. The van der Waals surface area contributed by atoms with E-state index in [1.54, 1.807) is 0 Å². The number of piperidine rings is 1. The summed E-state index contributed by atoms with van der Waals surface area (Å²) in [5.41, 5.74) is 4.87. The lowest BCUT2D eigenvalue weighted by molar-refractivity contribution is -0.114. The number of urea groups is 1. The molecule has 1 saturated heterocycles. The number of hydrogen-bond donors (Lipinski definition) is 3. The number of benzene rings is 4. The molecule has 0 unspecified atom stereocenters. The highest BCUT2D eigenvalue weighted by molar-refractivity contribution is 6.10. The van der Waals surface area contributed by atoms with Gasteiger partial charge in [0.25, 0.3) is 0 Å². The maximum absolute atomic E-state index is 13.2. The highest BCUT2D eigenvalue weighted by Crippen LogP contribution is 2.35. The Bertz CT molecular complexity index is 1580. The Morgan fingerprint density at radius 1 is 0.786 bits per heavy atom. The third-order valence-corrected chi connectivity index (χ3v) is 7.75. The number of fused-ring (bicyclic) bond motifs is 1. The number of likely N-dealkylation sites (tertiary alicyclic amines) is 1. The van der Waals surface area contributed by atoms with Crippen molar-refractivity contribution in [1.82, 2.24) is 4.90 Å². The fourth-order valence-electron chi connectivity index (χ4n) is 5.36. The molecular weight excluding hydrogens is 524 g/mol. The number of anilines is 3. The van der Waals surface area contributed by atoms with E-state index in [0.29, 0.717) is 17.1 Å². The van der Waals surface area contributed by atoms with Crippen LogP contribution in [0.5, 0.6) is 5.75 Å². The molecule has 0 saturated carbocycles. The van der Waals surface area contributed by atoms with Crippen molar-refractivity contribution in [2.45, 2.75) is 52.1 Å². The molecule has 7 nitrogen and oxygen atoms in total. The van der Waals surface area contributed by atoms with Gasteiger partial charge in [0.15, 0.2) is 0 Å². The van der Waals surface area contributed by atoms with Gasteiger partial charge < -0.3 is 25.6 Å². The summed E-state index contributed by atoms with van der Waals surface area (Å²) < 4.78 is 6.24. The molecule has 1 aliphatic rings. The Kier molecular flexibility index (Phi) is 8.50. The topological polar surface area (TPSA) is 82.7 Å². The predicted octanol–water partition coefficient (Wildman–Crippen LogP) is 7.88. The zero-order valence-corrected chi connectivity index (χ0v) is 25.1. The van der Waals surface area contributed by atoms with Crippen LogP contribution in [0.1, 0.15) is 46.1 Å². The van der Waals surface area contributed by atoms with Crippen LogP contribution in [0.2, 0.25) is 0 Å². The molecule has 4 aromatic rings. The van der Waals surface area contributed by atoms with E-state index >= 15 is 0 Å². The monoisotopic (exact) mass is 564 g/mol. The average molecular weight is 565 g/mol. The fourth-order valence-corrected chi connectivity index (χ4v) is 5.36. The summed E-state index contributed by atoms with van der Waals surface area (Å²) >= 11 is 0. The first-order valence-electron chi connectivity index (χ1n) is 14.5. The number of nitrogens with one attached hydrogen (secondary N) is 3. The van der Waals surface area contributed by atoms with Crippen molar-refractivity contribution in [3.8, 4) is 16.9 Å². The van der Waals surface area contributed by atoms with E-state index < -0.39 is 0 Å². The summed E-state index contributed by atoms with van der Waals surface area (Å²) in [6, 6.07) is 25.6. The summed E-state index contributed by atoms with van der Waals surface area (Å²) in [5, 5.41) is 10.8. The molecule has 42 heavy (non-hydrogen) atoms. The predicted molar refractivity (Wildman–Crippen MR) is 173 cm³/mol. The van der Waals surface area contributed by atoms with Gasteiger partial charge >= 0.3 is 6.03 Å². The third kappa shape index (κ3) is 6.92. The lowest BCUT2D eigenvalue weighted by atomic mass is 9.86. The van der Waals surface area contributed by atoms with Gasteiger partial charge in [-0.3, -0.25) is 4.79 Å². The molecule has 4 aromatic carbocycles. The van der Waals surface area contributed by atoms with Crippen LogP contribution in [0, 0.1) is 0 Å². The van der Waals surface area contributed by atoms with Crippen LogP contribution >= 0.6 is 0 Å². The fraction of sp³-hybridized carbons (Fsp3) is 0.314. The van der Waals surface area contributed by atoms with Crippen LogP contribution in [0.4, 0.5) is 21.9 Å². The number of ether oxygens (including phenoxy) is 1. The molecule has 1 aliphatic heterocycles. The molecule has 0 bridgehead atoms. The Morgan fingerprint density at radius 3 is 2.10 bits per heavy atom. The van der Waals surface area contributed by atoms with Gasteiger partial charge in [0.2, 0.25) is 5.91 Å². The van der Waals surface area contributed by atoms with E-state index in [0.717, 1.165) is 59.1 Å². The minimum atomic E-state index is -0.388.